The van der Waals surface area contributed by atoms with Crippen molar-refractivity contribution in [1.29, 1.82) is 0 Å². The van der Waals surface area contributed by atoms with Crippen LogP contribution in [0.15, 0.2) is 42.7 Å². The lowest BCUT2D eigenvalue weighted by Crippen LogP contribution is -2.05. The van der Waals surface area contributed by atoms with Crippen molar-refractivity contribution in [3.8, 4) is 11.3 Å². The van der Waals surface area contributed by atoms with E-state index in [2.05, 4.69) is 22.3 Å². The Hall–Kier alpha value is -2.89. The van der Waals surface area contributed by atoms with Gasteiger partial charge >= 0.3 is 5.97 Å². The number of hydrogen-bond donors (Lipinski definition) is 1. The van der Waals surface area contributed by atoms with Crippen LogP contribution in [-0.4, -0.2) is 33.7 Å². The van der Waals surface area contributed by atoms with Gasteiger partial charge in [0.05, 0.1) is 18.5 Å². The normalized spacial score (nSPS) is 10.7. The highest BCUT2D eigenvalue weighted by Gasteiger charge is 2.17. The van der Waals surface area contributed by atoms with Crippen molar-refractivity contribution in [2.45, 2.75) is 13.8 Å². The molecule has 0 saturated heterocycles. The molecule has 0 spiro atoms. The van der Waals surface area contributed by atoms with E-state index >= 15 is 0 Å². The Labute approximate surface area is 134 Å². The predicted molar refractivity (Wildman–Crippen MR) is 88.5 cm³/mol. The fourth-order valence-corrected chi connectivity index (χ4v) is 2.46. The summed E-state index contributed by atoms with van der Waals surface area (Å²) in [6.07, 6.45) is 3.17. The Kier molecular flexibility index (Phi) is 4.23. The number of ether oxygens (including phenoxy) is 1. The van der Waals surface area contributed by atoms with Gasteiger partial charge in [-0.25, -0.2) is 14.3 Å². The van der Waals surface area contributed by atoms with Crippen molar-refractivity contribution in [3.05, 3.63) is 48.3 Å². The molecule has 6 nitrogen and oxygen atoms in total. The fraction of sp³-hybridized carbons (Fsp3) is 0.235. The van der Waals surface area contributed by atoms with E-state index in [0.717, 1.165) is 23.5 Å². The van der Waals surface area contributed by atoms with Crippen LogP contribution in [0.1, 0.15) is 24.2 Å². The topological polar surface area (TPSA) is 68.5 Å². The van der Waals surface area contributed by atoms with Crippen molar-refractivity contribution in [3.63, 3.8) is 0 Å². The van der Waals surface area contributed by atoms with Gasteiger partial charge in [-0.15, -0.1) is 0 Å². The Morgan fingerprint density at radius 1 is 1.30 bits per heavy atom. The molecule has 3 aromatic rings. The number of nitrogens with one attached hydrogen (secondary N) is 1. The van der Waals surface area contributed by atoms with E-state index in [4.69, 9.17) is 4.74 Å². The molecule has 23 heavy (non-hydrogen) atoms. The molecular formula is C17H18N4O2. The summed E-state index contributed by atoms with van der Waals surface area (Å²) in [5.74, 6) is -0.409. The molecule has 0 aliphatic rings. The first-order valence-corrected chi connectivity index (χ1v) is 7.58. The number of anilines is 1. The summed E-state index contributed by atoms with van der Waals surface area (Å²) in [6.45, 7) is 5.00. The van der Waals surface area contributed by atoms with Gasteiger partial charge in [0.1, 0.15) is 5.56 Å². The van der Waals surface area contributed by atoms with Gasteiger partial charge < -0.3 is 10.1 Å². The van der Waals surface area contributed by atoms with E-state index in [-0.39, 0.29) is 0 Å². The van der Waals surface area contributed by atoms with Crippen molar-refractivity contribution in [2.75, 3.05) is 18.5 Å². The third-order valence-corrected chi connectivity index (χ3v) is 3.44. The molecule has 6 heteroatoms. The van der Waals surface area contributed by atoms with E-state index < -0.39 is 5.97 Å². The van der Waals surface area contributed by atoms with Crippen LogP contribution >= 0.6 is 0 Å². The molecule has 0 saturated carbocycles. The standard InChI is InChI=1S/C17H18N4O2/c1-3-18-13-7-5-6-12(10-13)15-8-9-19-16-14(11-20-21(15)16)17(22)23-4-2/h5-11,18H,3-4H2,1-2H3. The van der Waals surface area contributed by atoms with E-state index in [1.807, 2.05) is 30.3 Å². The summed E-state index contributed by atoms with van der Waals surface area (Å²) in [5.41, 5.74) is 3.76. The molecule has 1 aromatic carbocycles. The molecule has 0 fully saturated rings. The Bertz CT molecular complexity index is 841. The van der Waals surface area contributed by atoms with E-state index in [1.54, 1.807) is 17.6 Å². The summed E-state index contributed by atoms with van der Waals surface area (Å²) in [7, 11) is 0. The van der Waals surface area contributed by atoms with Gasteiger partial charge in [0, 0.05) is 24.0 Å². The summed E-state index contributed by atoms with van der Waals surface area (Å²) in [4.78, 5) is 16.3. The number of carbonyl (C=O) groups excluding carboxylic acids is 1. The first kappa shape index (κ1) is 15.0. The fourth-order valence-electron chi connectivity index (χ4n) is 2.46. The third-order valence-electron chi connectivity index (χ3n) is 3.44. The molecule has 0 atom stereocenters. The van der Waals surface area contributed by atoms with E-state index in [9.17, 15) is 4.79 Å². The largest absolute Gasteiger partial charge is 0.462 e. The minimum Gasteiger partial charge on any atom is -0.462 e. The predicted octanol–water partition coefficient (Wildman–Crippen LogP) is 3.00. The molecule has 0 aliphatic heterocycles. The first-order chi connectivity index (χ1) is 11.2. The van der Waals surface area contributed by atoms with Crippen molar-refractivity contribution in [1.82, 2.24) is 14.6 Å². The zero-order valence-electron chi connectivity index (χ0n) is 13.1. The summed E-state index contributed by atoms with van der Waals surface area (Å²) in [5, 5.41) is 7.59. The number of aromatic nitrogens is 3. The number of nitrogens with zero attached hydrogens (tertiary/aromatic N) is 3. The number of benzene rings is 1. The molecule has 3 rings (SSSR count). The maximum Gasteiger partial charge on any atom is 0.343 e. The number of hydrogen-bond acceptors (Lipinski definition) is 5. The quantitative estimate of drug-likeness (QED) is 0.734. The lowest BCUT2D eigenvalue weighted by molar-refractivity contribution is 0.0528. The lowest BCUT2D eigenvalue weighted by Gasteiger charge is -2.08. The van der Waals surface area contributed by atoms with Gasteiger partial charge in [-0.2, -0.15) is 5.10 Å². The number of rotatable bonds is 5. The van der Waals surface area contributed by atoms with Gasteiger partial charge in [-0.05, 0) is 32.0 Å². The van der Waals surface area contributed by atoms with Crippen molar-refractivity contribution in [2.24, 2.45) is 0 Å². The Balaban J connectivity index is 2.09. The molecule has 2 heterocycles. The highest BCUT2D eigenvalue weighted by molar-refractivity contribution is 5.96. The molecule has 2 aromatic heterocycles. The third kappa shape index (κ3) is 2.88. The van der Waals surface area contributed by atoms with Crippen LogP contribution in [0.4, 0.5) is 5.69 Å². The van der Waals surface area contributed by atoms with Crippen LogP contribution in [0, 0.1) is 0 Å². The van der Waals surface area contributed by atoms with E-state index in [1.165, 1.54) is 6.20 Å². The SMILES string of the molecule is CCNc1cccc(-c2ccnc3c(C(=O)OCC)cnn23)c1. The molecular weight excluding hydrogens is 292 g/mol. The highest BCUT2D eigenvalue weighted by Crippen LogP contribution is 2.24. The molecule has 118 valence electrons. The number of esters is 1. The van der Waals surface area contributed by atoms with Crippen LogP contribution in [0.3, 0.4) is 0 Å². The zero-order valence-corrected chi connectivity index (χ0v) is 13.1. The van der Waals surface area contributed by atoms with Crippen LogP contribution in [0.2, 0.25) is 0 Å². The second-order valence-electron chi connectivity index (χ2n) is 4.96. The van der Waals surface area contributed by atoms with Crippen LogP contribution in [0.25, 0.3) is 16.9 Å². The lowest BCUT2D eigenvalue weighted by atomic mass is 10.1. The van der Waals surface area contributed by atoms with Crippen molar-refractivity contribution >= 4 is 17.3 Å². The molecule has 0 bridgehead atoms. The second kappa shape index (κ2) is 6.48. The van der Waals surface area contributed by atoms with Crippen LogP contribution in [0.5, 0.6) is 0 Å². The minimum atomic E-state index is -0.409. The summed E-state index contributed by atoms with van der Waals surface area (Å²) >= 11 is 0. The summed E-state index contributed by atoms with van der Waals surface area (Å²) < 4.78 is 6.71. The van der Waals surface area contributed by atoms with Crippen LogP contribution in [-0.2, 0) is 4.74 Å². The van der Waals surface area contributed by atoms with Gasteiger partial charge in [-0.3, -0.25) is 0 Å². The van der Waals surface area contributed by atoms with Crippen molar-refractivity contribution < 1.29 is 9.53 Å². The number of fused-ring (bicyclic) bond motifs is 1. The maximum absolute atomic E-state index is 12.0. The van der Waals surface area contributed by atoms with Gasteiger partial charge in [0.2, 0.25) is 0 Å². The molecule has 0 amide bonds. The molecule has 0 radical (unpaired) electrons. The first-order valence-electron chi connectivity index (χ1n) is 7.58. The summed E-state index contributed by atoms with van der Waals surface area (Å²) in [6, 6.07) is 9.92. The van der Waals surface area contributed by atoms with Gasteiger partial charge in [0.25, 0.3) is 0 Å². The molecule has 1 N–H and O–H groups in total. The zero-order chi connectivity index (χ0) is 16.2. The Morgan fingerprint density at radius 3 is 2.96 bits per heavy atom. The number of carbonyl (C=O) groups is 1. The smallest absolute Gasteiger partial charge is 0.343 e. The van der Waals surface area contributed by atoms with E-state index in [0.29, 0.717) is 17.8 Å². The maximum atomic E-state index is 12.0. The average Bonchev–Trinajstić information content (AvgIpc) is 3.00. The van der Waals surface area contributed by atoms with Gasteiger partial charge in [-0.1, -0.05) is 12.1 Å². The minimum absolute atomic E-state index is 0.320. The molecule has 0 aliphatic carbocycles. The highest BCUT2D eigenvalue weighted by atomic mass is 16.5. The Morgan fingerprint density at radius 2 is 2.17 bits per heavy atom. The van der Waals surface area contributed by atoms with Gasteiger partial charge in [0.15, 0.2) is 5.65 Å². The monoisotopic (exact) mass is 310 g/mol. The second-order valence-corrected chi connectivity index (χ2v) is 4.96. The average molecular weight is 310 g/mol. The molecule has 0 unspecified atom stereocenters. The van der Waals surface area contributed by atoms with Crippen LogP contribution < -0.4 is 5.32 Å².